The van der Waals surface area contributed by atoms with E-state index < -0.39 is 11.6 Å². The van der Waals surface area contributed by atoms with Gasteiger partial charge >= 0.3 is 0 Å². The third kappa shape index (κ3) is 2.50. The van der Waals surface area contributed by atoms with Crippen LogP contribution < -0.4 is 15.4 Å². The predicted molar refractivity (Wildman–Crippen MR) is 79.6 cm³/mol. The maximum atomic E-state index is 13.6. The molecule has 0 saturated carbocycles. The Morgan fingerprint density at radius 3 is 2.73 bits per heavy atom. The van der Waals surface area contributed by atoms with E-state index in [0.29, 0.717) is 16.9 Å². The molecule has 0 radical (unpaired) electrons. The Bertz CT molecular complexity index is 788. The first-order valence-electron chi connectivity index (χ1n) is 6.50. The van der Waals surface area contributed by atoms with Crippen molar-refractivity contribution in [3.8, 4) is 5.75 Å². The number of amides is 1. The lowest BCUT2D eigenvalue weighted by molar-refractivity contribution is -0.110. The van der Waals surface area contributed by atoms with E-state index in [-0.39, 0.29) is 17.2 Å². The topological polar surface area (TPSA) is 50.4 Å². The van der Waals surface area contributed by atoms with E-state index in [4.69, 9.17) is 4.74 Å². The Labute approximate surface area is 125 Å². The lowest BCUT2D eigenvalue weighted by atomic mass is 10.1. The van der Waals surface area contributed by atoms with E-state index >= 15 is 0 Å². The van der Waals surface area contributed by atoms with Gasteiger partial charge in [-0.25, -0.2) is 8.78 Å². The number of halogens is 2. The molecular formula is C16H12F2N2O2. The zero-order valence-electron chi connectivity index (χ0n) is 11.6. The summed E-state index contributed by atoms with van der Waals surface area (Å²) in [7, 11) is 1.38. The lowest BCUT2D eigenvalue weighted by Crippen LogP contribution is -2.05. The van der Waals surface area contributed by atoms with Crippen molar-refractivity contribution in [3.05, 3.63) is 59.8 Å². The van der Waals surface area contributed by atoms with Crippen LogP contribution >= 0.6 is 0 Å². The van der Waals surface area contributed by atoms with Gasteiger partial charge in [0.05, 0.1) is 12.7 Å². The van der Waals surface area contributed by atoms with Gasteiger partial charge in [-0.05, 0) is 30.3 Å². The summed E-state index contributed by atoms with van der Waals surface area (Å²) in [6.07, 6.45) is 1.42. The van der Waals surface area contributed by atoms with Crippen LogP contribution in [0, 0.1) is 11.6 Å². The van der Waals surface area contributed by atoms with Gasteiger partial charge in [-0.15, -0.1) is 0 Å². The van der Waals surface area contributed by atoms with Crippen molar-refractivity contribution in [2.24, 2.45) is 0 Å². The summed E-state index contributed by atoms with van der Waals surface area (Å²) in [4.78, 5) is 11.9. The van der Waals surface area contributed by atoms with E-state index in [2.05, 4.69) is 10.6 Å². The van der Waals surface area contributed by atoms with Gasteiger partial charge in [-0.1, -0.05) is 0 Å². The second-order valence-corrected chi connectivity index (χ2v) is 4.70. The Balaban J connectivity index is 1.89. The molecule has 0 fully saturated rings. The van der Waals surface area contributed by atoms with E-state index in [0.717, 1.165) is 0 Å². The summed E-state index contributed by atoms with van der Waals surface area (Å²) in [6, 6.07) is 8.37. The number of rotatable bonds is 3. The van der Waals surface area contributed by atoms with E-state index in [1.165, 1.54) is 43.6 Å². The van der Waals surface area contributed by atoms with Crippen LogP contribution in [0.3, 0.4) is 0 Å². The highest BCUT2D eigenvalue weighted by Crippen LogP contribution is 2.32. The van der Waals surface area contributed by atoms with Crippen molar-refractivity contribution in [3.63, 3.8) is 0 Å². The summed E-state index contributed by atoms with van der Waals surface area (Å²) in [5, 5.41) is 5.46. The minimum absolute atomic E-state index is 0.129. The molecule has 1 heterocycles. The molecule has 0 aromatic heterocycles. The molecule has 2 aromatic rings. The minimum atomic E-state index is -0.520. The maximum Gasteiger partial charge on any atom is 0.257 e. The van der Waals surface area contributed by atoms with Crippen LogP contribution in [0.5, 0.6) is 5.75 Å². The minimum Gasteiger partial charge on any atom is -0.494 e. The average Bonchev–Trinajstić information content (AvgIpc) is 2.80. The fraction of sp³-hybridized carbons (Fsp3) is 0.0625. The van der Waals surface area contributed by atoms with Gasteiger partial charge in [0.2, 0.25) is 0 Å². The molecule has 2 aromatic carbocycles. The number of ether oxygens (including phenoxy) is 1. The molecule has 1 amide bonds. The molecule has 22 heavy (non-hydrogen) atoms. The molecule has 4 nitrogen and oxygen atoms in total. The number of hydrogen-bond acceptors (Lipinski definition) is 3. The Morgan fingerprint density at radius 2 is 2.00 bits per heavy atom. The highest BCUT2D eigenvalue weighted by atomic mass is 19.1. The molecule has 0 saturated heterocycles. The largest absolute Gasteiger partial charge is 0.494 e. The molecule has 1 aliphatic rings. The van der Waals surface area contributed by atoms with Gasteiger partial charge in [0, 0.05) is 29.2 Å². The standard InChI is InChI=1S/C16H12F2N2O2/c1-22-15-5-3-10(7-13(15)18)19-8-12-11-6-9(17)2-4-14(11)20-16(12)21/h2-8,19H,1H3,(H,20,21). The molecule has 112 valence electrons. The van der Waals surface area contributed by atoms with E-state index in [1.54, 1.807) is 6.07 Å². The number of anilines is 2. The monoisotopic (exact) mass is 302 g/mol. The second-order valence-electron chi connectivity index (χ2n) is 4.70. The number of nitrogens with one attached hydrogen (secondary N) is 2. The fourth-order valence-electron chi connectivity index (χ4n) is 2.22. The molecule has 0 spiro atoms. The normalized spacial score (nSPS) is 14.7. The fourth-order valence-corrected chi connectivity index (χ4v) is 2.22. The Morgan fingerprint density at radius 1 is 1.18 bits per heavy atom. The van der Waals surface area contributed by atoms with E-state index in [9.17, 15) is 13.6 Å². The smallest absolute Gasteiger partial charge is 0.257 e. The molecule has 0 bridgehead atoms. The quantitative estimate of drug-likeness (QED) is 0.855. The predicted octanol–water partition coefficient (Wildman–Crippen LogP) is 3.38. The van der Waals surface area contributed by atoms with Crippen LogP contribution in [0.15, 0.2) is 42.6 Å². The summed E-state index contributed by atoms with van der Waals surface area (Å²) in [5.41, 5.74) is 1.74. The first kappa shape index (κ1) is 14.1. The van der Waals surface area contributed by atoms with Crippen LogP contribution in [0.1, 0.15) is 5.56 Å². The van der Waals surface area contributed by atoms with Crippen LogP contribution in [-0.4, -0.2) is 13.0 Å². The van der Waals surface area contributed by atoms with Gasteiger partial charge in [-0.3, -0.25) is 4.79 Å². The Kier molecular flexibility index (Phi) is 3.50. The summed E-state index contributed by atoms with van der Waals surface area (Å²) < 4.78 is 31.7. The second kappa shape index (κ2) is 5.48. The number of carbonyl (C=O) groups excluding carboxylic acids is 1. The van der Waals surface area contributed by atoms with Crippen molar-refractivity contribution in [1.82, 2.24) is 0 Å². The van der Waals surface area contributed by atoms with E-state index in [1.807, 2.05) is 0 Å². The van der Waals surface area contributed by atoms with Crippen LogP contribution in [0.2, 0.25) is 0 Å². The van der Waals surface area contributed by atoms with Gasteiger partial charge in [0.1, 0.15) is 5.82 Å². The summed E-state index contributed by atoms with van der Waals surface area (Å²) in [6.45, 7) is 0. The first-order valence-corrected chi connectivity index (χ1v) is 6.50. The summed E-state index contributed by atoms with van der Waals surface area (Å²) in [5.74, 6) is -1.17. The van der Waals surface area contributed by atoms with Crippen molar-refractivity contribution < 1.29 is 18.3 Å². The van der Waals surface area contributed by atoms with Gasteiger partial charge in [-0.2, -0.15) is 0 Å². The maximum absolute atomic E-state index is 13.6. The number of methoxy groups -OCH3 is 1. The average molecular weight is 302 g/mol. The molecule has 6 heteroatoms. The SMILES string of the molecule is COc1ccc(NC=C2C(=O)Nc3ccc(F)cc32)cc1F. The van der Waals surface area contributed by atoms with Gasteiger partial charge in [0.25, 0.3) is 5.91 Å². The molecule has 3 rings (SSSR count). The Hall–Kier alpha value is -2.89. The first-order chi connectivity index (χ1) is 10.6. The summed E-state index contributed by atoms with van der Waals surface area (Å²) >= 11 is 0. The molecule has 0 atom stereocenters. The number of benzene rings is 2. The van der Waals surface area contributed by atoms with Crippen LogP contribution in [-0.2, 0) is 4.79 Å². The zero-order valence-corrected chi connectivity index (χ0v) is 11.6. The third-order valence-electron chi connectivity index (χ3n) is 3.30. The van der Waals surface area contributed by atoms with Gasteiger partial charge < -0.3 is 15.4 Å². The molecule has 0 aliphatic carbocycles. The molecule has 1 aliphatic heterocycles. The van der Waals surface area contributed by atoms with Crippen LogP contribution in [0.4, 0.5) is 20.2 Å². The van der Waals surface area contributed by atoms with Gasteiger partial charge in [0.15, 0.2) is 11.6 Å². The van der Waals surface area contributed by atoms with Crippen molar-refractivity contribution in [1.29, 1.82) is 0 Å². The molecule has 2 N–H and O–H groups in total. The third-order valence-corrected chi connectivity index (χ3v) is 3.30. The molecule has 0 unspecified atom stereocenters. The number of fused-ring (bicyclic) bond motifs is 1. The highest BCUT2D eigenvalue weighted by Gasteiger charge is 2.24. The van der Waals surface area contributed by atoms with Crippen molar-refractivity contribution in [2.75, 3.05) is 17.7 Å². The van der Waals surface area contributed by atoms with Crippen molar-refractivity contribution in [2.45, 2.75) is 0 Å². The zero-order chi connectivity index (χ0) is 15.7. The number of carbonyl (C=O) groups is 1. The van der Waals surface area contributed by atoms with Crippen molar-refractivity contribution >= 4 is 22.9 Å². The highest BCUT2D eigenvalue weighted by molar-refractivity contribution is 6.31. The molecular weight excluding hydrogens is 290 g/mol. The van der Waals surface area contributed by atoms with Crippen LogP contribution in [0.25, 0.3) is 5.57 Å². The number of hydrogen-bond donors (Lipinski definition) is 2. The lowest BCUT2D eigenvalue weighted by Gasteiger charge is -2.06.